The zero-order valence-electron chi connectivity index (χ0n) is 10.8. The molecule has 1 atom stereocenters. The van der Waals surface area contributed by atoms with Gasteiger partial charge in [0.05, 0.1) is 0 Å². The molecule has 1 aliphatic heterocycles. The average molecular weight is 244 g/mol. The van der Waals surface area contributed by atoms with Crippen molar-refractivity contribution in [2.45, 2.75) is 25.8 Å². The van der Waals surface area contributed by atoms with Crippen LogP contribution in [0.15, 0.2) is 30.3 Å². The van der Waals surface area contributed by atoms with Crippen LogP contribution in [0.3, 0.4) is 0 Å². The van der Waals surface area contributed by atoms with E-state index in [9.17, 15) is 4.79 Å². The Morgan fingerprint density at radius 1 is 1.50 bits per heavy atom. The maximum absolute atomic E-state index is 12.0. The number of hydrogen-bond donors (Lipinski definition) is 1. The van der Waals surface area contributed by atoms with Crippen molar-refractivity contribution in [3.8, 4) is 0 Å². The summed E-state index contributed by atoms with van der Waals surface area (Å²) in [5.41, 5.74) is 8.13. The van der Waals surface area contributed by atoms with E-state index in [1.807, 2.05) is 36.1 Å². The highest BCUT2D eigenvalue weighted by molar-refractivity contribution is 5.91. The number of aryl methyl sites for hydroxylation is 1. The lowest BCUT2D eigenvalue weighted by Crippen LogP contribution is -2.45. The van der Waals surface area contributed by atoms with Crippen LogP contribution in [0.2, 0.25) is 0 Å². The maximum atomic E-state index is 12.0. The summed E-state index contributed by atoms with van der Waals surface area (Å²) in [6.07, 6.45) is 5.54. The van der Waals surface area contributed by atoms with Crippen molar-refractivity contribution in [2.75, 3.05) is 13.1 Å². The molecule has 1 aromatic carbocycles. The van der Waals surface area contributed by atoms with Crippen LogP contribution < -0.4 is 5.73 Å². The van der Waals surface area contributed by atoms with Gasteiger partial charge in [0.25, 0.3) is 0 Å². The molecule has 1 saturated heterocycles. The van der Waals surface area contributed by atoms with Crippen molar-refractivity contribution < 1.29 is 4.79 Å². The molecule has 0 bridgehead atoms. The van der Waals surface area contributed by atoms with Crippen LogP contribution in [-0.4, -0.2) is 29.9 Å². The van der Waals surface area contributed by atoms with E-state index in [4.69, 9.17) is 5.73 Å². The first-order valence-electron chi connectivity index (χ1n) is 6.44. The van der Waals surface area contributed by atoms with Crippen LogP contribution in [0.1, 0.15) is 24.0 Å². The van der Waals surface area contributed by atoms with E-state index in [1.165, 1.54) is 5.56 Å². The number of carbonyl (C=O) groups is 1. The molecule has 0 aliphatic carbocycles. The first kappa shape index (κ1) is 12.8. The van der Waals surface area contributed by atoms with Gasteiger partial charge in [-0.3, -0.25) is 4.79 Å². The summed E-state index contributed by atoms with van der Waals surface area (Å²) in [6.45, 7) is 3.55. The summed E-state index contributed by atoms with van der Waals surface area (Å²) in [5, 5.41) is 0. The molecule has 3 nitrogen and oxygen atoms in total. The zero-order valence-corrected chi connectivity index (χ0v) is 10.8. The summed E-state index contributed by atoms with van der Waals surface area (Å²) in [6, 6.07) is 8.24. The number of nitrogens with zero attached hydrogens (tertiary/aromatic N) is 1. The molecule has 2 N–H and O–H groups in total. The Kier molecular flexibility index (Phi) is 4.15. The van der Waals surface area contributed by atoms with Crippen LogP contribution >= 0.6 is 0 Å². The number of carbonyl (C=O) groups excluding carboxylic acids is 1. The van der Waals surface area contributed by atoms with Crippen molar-refractivity contribution in [3.05, 3.63) is 41.5 Å². The largest absolute Gasteiger partial charge is 0.338 e. The van der Waals surface area contributed by atoms with Gasteiger partial charge in [0.2, 0.25) is 5.91 Å². The summed E-state index contributed by atoms with van der Waals surface area (Å²) in [7, 11) is 0. The second-order valence-corrected chi connectivity index (χ2v) is 4.93. The quantitative estimate of drug-likeness (QED) is 0.808. The molecule has 1 fully saturated rings. The zero-order chi connectivity index (χ0) is 13.0. The standard InChI is InChI=1S/C15H20N2O/c1-12-4-2-5-13(10-12)7-8-15(18)17-9-3-6-14(16)11-17/h2,4-5,7-8,10,14H,3,6,9,11,16H2,1H3. The van der Waals surface area contributed by atoms with Gasteiger partial charge in [-0.15, -0.1) is 0 Å². The number of benzene rings is 1. The Morgan fingerprint density at radius 2 is 2.33 bits per heavy atom. The molecule has 1 aromatic rings. The number of amides is 1. The predicted molar refractivity (Wildman–Crippen MR) is 74.0 cm³/mol. The fraction of sp³-hybridized carbons (Fsp3) is 0.400. The molecule has 2 rings (SSSR count). The second-order valence-electron chi connectivity index (χ2n) is 4.93. The van der Waals surface area contributed by atoms with E-state index in [2.05, 4.69) is 6.07 Å². The molecule has 1 aliphatic rings. The van der Waals surface area contributed by atoms with Crippen molar-refractivity contribution in [1.29, 1.82) is 0 Å². The fourth-order valence-corrected chi connectivity index (χ4v) is 2.26. The predicted octanol–water partition coefficient (Wildman–Crippen LogP) is 1.96. The van der Waals surface area contributed by atoms with E-state index in [1.54, 1.807) is 6.08 Å². The molecule has 1 amide bonds. The van der Waals surface area contributed by atoms with Gasteiger partial charge in [0, 0.05) is 25.2 Å². The van der Waals surface area contributed by atoms with Crippen molar-refractivity contribution in [3.63, 3.8) is 0 Å². The van der Waals surface area contributed by atoms with Gasteiger partial charge in [0.1, 0.15) is 0 Å². The van der Waals surface area contributed by atoms with Gasteiger partial charge < -0.3 is 10.6 Å². The molecule has 1 heterocycles. The summed E-state index contributed by atoms with van der Waals surface area (Å²) in [4.78, 5) is 13.8. The summed E-state index contributed by atoms with van der Waals surface area (Å²) >= 11 is 0. The number of likely N-dealkylation sites (tertiary alicyclic amines) is 1. The highest BCUT2D eigenvalue weighted by Crippen LogP contribution is 2.10. The minimum absolute atomic E-state index is 0.0617. The molecule has 3 heteroatoms. The lowest BCUT2D eigenvalue weighted by molar-refractivity contribution is -0.127. The van der Waals surface area contributed by atoms with E-state index in [0.29, 0.717) is 6.54 Å². The molecule has 0 spiro atoms. The van der Waals surface area contributed by atoms with Gasteiger partial charge in [-0.05, 0) is 31.4 Å². The van der Waals surface area contributed by atoms with Crippen LogP contribution in [-0.2, 0) is 4.79 Å². The van der Waals surface area contributed by atoms with Crippen molar-refractivity contribution in [1.82, 2.24) is 4.90 Å². The topological polar surface area (TPSA) is 46.3 Å². The molecule has 1 unspecified atom stereocenters. The minimum Gasteiger partial charge on any atom is -0.338 e. The number of rotatable bonds is 2. The molecule has 0 radical (unpaired) electrons. The molecular formula is C15H20N2O. The normalized spacial score (nSPS) is 20.3. The summed E-state index contributed by atoms with van der Waals surface area (Å²) < 4.78 is 0. The highest BCUT2D eigenvalue weighted by Gasteiger charge is 2.19. The Bertz CT molecular complexity index is 454. The third-order valence-corrected chi connectivity index (χ3v) is 3.23. The number of nitrogens with two attached hydrogens (primary N) is 1. The first-order chi connectivity index (χ1) is 8.65. The Balaban J connectivity index is 1.98. The maximum Gasteiger partial charge on any atom is 0.246 e. The number of piperidine rings is 1. The SMILES string of the molecule is Cc1cccc(C=CC(=O)N2CCCC(N)C2)c1. The Labute approximate surface area is 108 Å². The van der Waals surface area contributed by atoms with Crippen LogP contribution in [0.4, 0.5) is 0 Å². The van der Waals surface area contributed by atoms with E-state index < -0.39 is 0 Å². The van der Waals surface area contributed by atoms with E-state index >= 15 is 0 Å². The summed E-state index contributed by atoms with van der Waals surface area (Å²) in [5.74, 6) is 0.0617. The third kappa shape index (κ3) is 3.44. The van der Waals surface area contributed by atoms with Gasteiger partial charge in [0.15, 0.2) is 0 Å². The molecular weight excluding hydrogens is 224 g/mol. The third-order valence-electron chi connectivity index (χ3n) is 3.23. The van der Waals surface area contributed by atoms with Gasteiger partial charge in [-0.1, -0.05) is 29.8 Å². The fourth-order valence-electron chi connectivity index (χ4n) is 2.26. The van der Waals surface area contributed by atoms with Crippen LogP contribution in [0.25, 0.3) is 6.08 Å². The molecule has 96 valence electrons. The van der Waals surface area contributed by atoms with Crippen molar-refractivity contribution >= 4 is 12.0 Å². The van der Waals surface area contributed by atoms with Crippen LogP contribution in [0, 0.1) is 6.92 Å². The van der Waals surface area contributed by atoms with Crippen molar-refractivity contribution in [2.24, 2.45) is 5.73 Å². The molecule has 18 heavy (non-hydrogen) atoms. The average Bonchev–Trinajstić information content (AvgIpc) is 2.36. The number of hydrogen-bond acceptors (Lipinski definition) is 2. The van der Waals surface area contributed by atoms with Crippen LogP contribution in [0.5, 0.6) is 0 Å². The monoisotopic (exact) mass is 244 g/mol. The lowest BCUT2D eigenvalue weighted by atomic mass is 10.1. The van der Waals surface area contributed by atoms with Gasteiger partial charge in [-0.25, -0.2) is 0 Å². The van der Waals surface area contributed by atoms with E-state index in [0.717, 1.165) is 24.9 Å². The minimum atomic E-state index is 0.0617. The highest BCUT2D eigenvalue weighted by atomic mass is 16.2. The Hall–Kier alpha value is -1.61. The second kappa shape index (κ2) is 5.83. The van der Waals surface area contributed by atoms with Gasteiger partial charge in [-0.2, -0.15) is 0 Å². The van der Waals surface area contributed by atoms with Gasteiger partial charge >= 0.3 is 0 Å². The smallest absolute Gasteiger partial charge is 0.246 e. The molecule has 0 aromatic heterocycles. The molecule has 0 saturated carbocycles. The lowest BCUT2D eigenvalue weighted by Gasteiger charge is -2.29. The van der Waals surface area contributed by atoms with E-state index in [-0.39, 0.29) is 11.9 Å². The first-order valence-corrected chi connectivity index (χ1v) is 6.44. The Morgan fingerprint density at radius 3 is 3.06 bits per heavy atom.